The largest absolute Gasteiger partial charge is 0.348 e. The summed E-state index contributed by atoms with van der Waals surface area (Å²) in [5.41, 5.74) is 5.86. The number of carbonyl (C=O) groups excluding carboxylic acids is 1. The van der Waals surface area contributed by atoms with Crippen LogP contribution in [0, 0.1) is 17.0 Å². The maximum absolute atomic E-state index is 11.9. The van der Waals surface area contributed by atoms with Gasteiger partial charge in [-0.15, -0.1) is 0 Å². The van der Waals surface area contributed by atoms with Crippen LogP contribution in [-0.2, 0) is 0 Å². The lowest BCUT2D eigenvalue weighted by Gasteiger charge is -2.12. The zero-order chi connectivity index (χ0) is 13.0. The summed E-state index contributed by atoms with van der Waals surface area (Å²) in [5.74, 6) is -0.465. The van der Waals surface area contributed by atoms with Gasteiger partial charge in [0.25, 0.3) is 11.6 Å². The lowest BCUT2D eigenvalue weighted by molar-refractivity contribution is -0.385. The van der Waals surface area contributed by atoms with Gasteiger partial charge >= 0.3 is 0 Å². The molecule has 0 aromatic heterocycles. The number of benzene rings is 1. The number of carbonyl (C=O) groups is 1. The standard InChI is InChI=1S/C11H15N3O3/c1-7-4-3-5-9(14(16)17)10(7)11(15)13-8(2)6-12/h3-5,8H,6,12H2,1-2H3,(H,13,15)/t8-/m1/s1. The zero-order valence-electron chi connectivity index (χ0n) is 9.77. The number of nitrogens with zero attached hydrogens (tertiary/aromatic N) is 1. The number of nitrogens with one attached hydrogen (secondary N) is 1. The summed E-state index contributed by atoms with van der Waals surface area (Å²) < 4.78 is 0. The second-order valence-corrected chi connectivity index (χ2v) is 3.84. The molecule has 1 atom stereocenters. The Morgan fingerprint density at radius 1 is 1.59 bits per heavy atom. The van der Waals surface area contributed by atoms with Crippen molar-refractivity contribution in [2.45, 2.75) is 19.9 Å². The molecule has 0 fully saturated rings. The monoisotopic (exact) mass is 237 g/mol. The van der Waals surface area contributed by atoms with Crippen LogP contribution in [0.4, 0.5) is 5.69 Å². The van der Waals surface area contributed by atoms with E-state index in [-0.39, 0.29) is 23.8 Å². The Morgan fingerprint density at radius 3 is 2.76 bits per heavy atom. The van der Waals surface area contributed by atoms with Crippen molar-refractivity contribution in [2.24, 2.45) is 5.73 Å². The summed E-state index contributed by atoms with van der Waals surface area (Å²) in [5, 5.41) is 13.4. The third kappa shape index (κ3) is 3.01. The van der Waals surface area contributed by atoms with Crippen molar-refractivity contribution in [3.63, 3.8) is 0 Å². The molecular formula is C11H15N3O3. The van der Waals surface area contributed by atoms with E-state index in [0.29, 0.717) is 5.56 Å². The highest BCUT2D eigenvalue weighted by Gasteiger charge is 2.22. The third-order valence-corrected chi connectivity index (χ3v) is 2.41. The fourth-order valence-electron chi connectivity index (χ4n) is 1.45. The van der Waals surface area contributed by atoms with E-state index < -0.39 is 10.8 Å². The fraction of sp³-hybridized carbons (Fsp3) is 0.364. The Balaban J connectivity index is 3.11. The van der Waals surface area contributed by atoms with Gasteiger partial charge in [-0.2, -0.15) is 0 Å². The number of nitro groups is 1. The van der Waals surface area contributed by atoms with E-state index in [1.165, 1.54) is 6.07 Å². The number of amides is 1. The van der Waals surface area contributed by atoms with Gasteiger partial charge in [0.1, 0.15) is 5.56 Å². The number of hydrogen-bond acceptors (Lipinski definition) is 4. The number of nitro benzene ring substituents is 1. The summed E-state index contributed by atoms with van der Waals surface area (Å²) >= 11 is 0. The van der Waals surface area contributed by atoms with E-state index in [2.05, 4.69) is 5.32 Å². The molecule has 0 radical (unpaired) electrons. The molecule has 0 aliphatic rings. The van der Waals surface area contributed by atoms with Gasteiger partial charge in [-0.1, -0.05) is 12.1 Å². The van der Waals surface area contributed by atoms with Gasteiger partial charge in [-0.3, -0.25) is 14.9 Å². The highest BCUT2D eigenvalue weighted by Crippen LogP contribution is 2.21. The number of hydrogen-bond donors (Lipinski definition) is 2. The van der Waals surface area contributed by atoms with Crippen LogP contribution in [0.3, 0.4) is 0 Å². The first kappa shape index (κ1) is 13.1. The maximum Gasteiger partial charge on any atom is 0.282 e. The van der Waals surface area contributed by atoms with E-state index >= 15 is 0 Å². The maximum atomic E-state index is 11.9. The topological polar surface area (TPSA) is 98.3 Å². The van der Waals surface area contributed by atoms with Crippen LogP contribution < -0.4 is 11.1 Å². The summed E-state index contributed by atoms with van der Waals surface area (Å²) in [6.45, 7) is 3.68. The highest BCUT2D eigenvalue weighted by atomic mass is 16.6. The van der Waals surface area contributed by atoms with Gasteiger partial charge < -0.3 is 11.1 Å². The van der Waals surface area contributed by atoms with Gasteiger partial charge in [0, 0.05) is 18.7 Å². The van der Waals surface area contributed by atoms with Crippen molar-refractivity contribution >= 4 is 11.6 Å². The zero-order valence-corrected chi connectivity index (χ0v) is 9.77. The minimum Gasteiger partial charge on any atom is -0.348 e. The molecule has 92 valence electrons. The molecule has 3 N–H and O–H groups in total. The second-order valence-electron chi connectivity index (χ2n) is 3.84. The lowest BCUT2D eigenvalue weighted by atomic mass is 10.1. The summed E-state index contributed by atoms with van der Waals surface area (Å²) in [4.78, 5) is 22.2. The summed E-state index contributed by atoms with van der Waals surface area (Å²) in [7, 11) is 0. The summed E-state index contributed by atoms with van der Waals surface area (Å²) in [6, 6.07) is 4.31. The Labute approximate surface area is 99.0 Å². The SMILES string of the molecule is Cc1cccc([N+](=O)[O-])c1C(=O)N[C@H](C)CN. The van der Waals surface area contributed by atoms with E-state index in [1.807, 2.05) is 0 Å². The van der Waals surface area contributed by atoms with Gasteiger partial charge in [-0.05, 0) is 19.4 Å². The van der Waals surface area contributed by atoms with Gasteiger partial charge in [-0.25, -0.2) is 0 Å². The lowest BCUT2D eigenvalue weighted by Crippen LogP contribution is -2.38. The molecule has 6 nitrogen and oxygen atoms in total. The Bertz CT molecular complexity index is 446. The highest BCUT2D eigenvalue weighted by molar-refractivity contribution is 5.99. The molecule has 0 aliphatic heterocycles. The molecule has 1 amide bonds. The van der Waals surface area contributed by atoms with Crippen molar-refractivity contribution in [3.8, 4) is 0 Å². The molecule has 0 bridgehead atoms. The van der Waals surface area contributed by atoms with Crippen LogP contribution in [0.25, 0.3) is 0 Å². The second kappa shape index (κ2) is 5.40. The number of aryl methyl sites for hydroxylation is 1. The molecule has 0 saturated heterocycles. The fourth-order valence-corrected chi connectivity index (χ4v) is 1.45. The molecule has 0 spiro atoms. The molecule has 0 saturated carbocycles. The van der Waals surface area contributed by atoms with E-state index in [4.69, 9.17) is 5.73 Å². The first-order valence-corrected chi connectivity index (χ1v) is 5.22. The molecule has 17 heavy (non-hydrogen) atoms. The van der Waals surface area contributed by atoms with Gasteiger partial charge in [0.2, 0.25) is 0 Å². The van der Waals surface area contributed by atoms with Crippen LogP contribution in [0.1, 0.15) is 22.8 Å². The molecule has 0 unspecified atom stereocenters. The first-order chi connectivity index (χ1) is 7.97. The van der Waals surface area contributed by atoms with Crippen molar-refractivity contribution in [1.82, 2.24) is 5.32 Å². The van der Waals surface area contributed by atoms with E-state index in [0.717, 1.165) is 0 Å². The van der Waals surface area contributed by atoms with Crippen LogP contribution in [-0.4, -0.2) is 23.4 Å². The molecule has 6 heteroatoms. The molecule has 1 aromatic carbocycles. The van der Waals surface area contributed by atoms with Crippen molar-refractivity contribution in [1.29, 1.82) is 0 Å². The minimum atomic E-state index is -0.560. The van der Waals surface area contributed by atoms with Gasteiger partial charge in [0.15, 0.2) is 0 Å². The van der Waals surface area contributed by atoms with Gasteiger partial charge in [0.05, 0.1) is 4.92 Å². The van der Waals surface area contributed by atoms with Crippen molar-refractivity contribution < 1.29 is 9.72 Å². The molecule has 1 aromatic rings. The summed E-state index contributed by atoms with van der Waals surface area (Å²) in [6.07, 6.45) is 0. The Morgan fingerprint density at radius 2 is 2.24 bits per heavy atom. The quantitative estimate of drug-likeness (QED) is 0.602. The predicted molar refractivity (Wildman–Crippen MR) is 63.8 cm³/mol. The molecular weight excluding hydrogens is 222 g/mol. The Hall–Kier alpha value is -1.95. The van der Waals surface area contributed by atoms with Crippen LogP contribution in [0.15, 0.2) is 18.2 Å². The van der Waals surface area contributed by atoms with E-state index in [1.54, 1.807) is 26.0 Å². The van der Waals surface area contributed by atoms with E-state index in [9.17, 15) is 14.9 Å². The third-order valence-electron chi connectivity index (χ3n) is 2.41. The average molecular weight is 237 g/mol. The number of nitrogens with two attached hydrogens (primary N) is 1. The molecule has 0 aliphatic carbocycles. The normalized spacial score (nSPS) is 11.9. The van der Waals surface area contributed by atoms with Crippen LogP contribution in [0.2, 0.25) is 0 Å². The minimum absolute atomic E-state index is 0.0952. The van der Waals surface area contributed by atoms with Crippen molar-refractivity contribution in [2.75, 3.05) is 6.54 Å². The average Bonchev–Trinajstić information content (AvgIpc) is 2.28. The van der Waals surface area contributed by atoms with Crippen LogP contribution >= 0.6 is 0 Å². The first-order valence-electron chi connectivity index (χ1n) is 5.22. The molecule has 1 rings (SSSR count). The van der Waals surface area contributed by atoms with Crippen molar-refractivity contribution in [3.05, 3.63) is 39.4 Å². The smallest absolute Gasteiger partial charge is 0.282 e. The number of rotatable bonds is 4. The Kier molecular flexibility index (Phi) is 4.17. The van der Waals surface area contributed by atoms with Crippen LogP contribution in [0.5, 0.6) is 0 Å². The molecule has 0 heterocycles. The predicted octanol–water partition coefficient (Wildman–Crippen LogP) is 0.980.